The van der Waals surface area contributed by atoms with Crippen LogP contribution in [-0.4, -0.2) is 16.5 Å². The minimum atomic E-state index is -0.293. The largest absolute Gasteiger partial charge is 0.268 e. The molecule has 0 saturated heterocycles. The Bertz CT molecular complexity index is 551. The maximum absolute atomic E-state index is 12.8. The lowest BCUT2D eigenvalue weighted by Gasteiger charge is -2.04. The van der Waals surface area contributed by atoms with E-state index >= 15 is 0 Å². The first kappa shape index (κ1) is 10.9. The van der Waals surface area contributed by atoms with Crippen LogP contribution in [-0.2, 0) is 0 Å². The molecule has 0 saturated carbocycles. The molecule has 3 nitrogen and oxygen atoms in total. The second kappa shape index (κ2) is 4.49. The summed E-state index contributed by atoms with van der Waals surface area (Å²) in [7, 11) is 0. The van der Waals surface area contributed by atoms with E-state index in [4.69, 9.17) is 0 Å². The highest BCUT2D eigenvalue weighted by Gasteiger charge is 2.07. The fraction of sp³-hybridized carbons (Fsp3) is 0.0909. The smallest absolute Gasteiger partial charge is 0.265 e. The Hall–Kier alpha value is -1.62. The third-order valence-electron chi connectivity index (χ3n) is 2.11. The van der Waals surface area contributed by atoms with Gasteiger partial charge in [-0.3, -0.25) is 4.79 Å². The van der Waals surface area contributed by atoms with Gasteiger partial charge >= 0.3 is 0 Å². The second-order valence-electron chi connectivity index (χ2n) is 3.16. The maximum Gasteiger partial charge on any atom is 0.265 e. The summed E-state index contributed by atoms with van der Waals surface area (Å²) in [5, 5.41) is 6.34. The Kier molecular flexibility index (Phi) is 3.05. The molecule has 0 bridgehead atoms. The summed E-state index contributed by atoms with van der Waals surface area (Å²) in [6.45, 7) is 0. The van der Waals surface area contributed by atoms with Gasteiger partial charge in [-0.2, -0.15) is 5.10 Å². The van der Waals surface area contributed by atoms with Crippen LogP contribution in [0.1, 0.15) is 0 Å². The fourth-order valence-electron chi connectivity index (χ4n) is 1.36. The Morgan fingerprint density at radius 2 is 2.00 bits per heavy atom. The van der Waals surface area contributed by atoms with Crippen molar-refractivity contribution in [1.29, 1.82) is 0 Å². The van der Waals surface area contributed by atoms with Gasteiger partial charge in [0.1, 0.15) is 11.5 Å². The molecule has 0 atom stereocenters. The highest BCUT2D eigenvalue weighted by molar-refractivity contribution is 7.98. The van der Waals surface area contributed by atoms with Crippen LogP contribution in [0.5, 0.6) is 0 Å². The van der Waals surface area contributed by atoms with Gasteiger partial charge in [0.05, 0.1) is 0 Å². The molecular weight excluding hydrogens is 227 g/mol. The summed E-state index contributed by atoms with van der Waals surface area (Å²) in [6.07, 6.45) is 1.86. The molecule has 2 rings (SSSR count). The monoisotopic (exact) mass is 236 g/mol. The molecule has 0 radical (unpaired) electrons. The van der Waals surface area contributed by atoms with E-state index in [1.54, 1.807) is 12.1 Å². The molecule has 1 heterocycles. The van der Waals surface area contributed by atoms with Crippen molar-refractivity contribution in [3.63, 3.8) is 0 Å². The van der Waals surface area contributed by atoms with Gasteiger partial charge in [0.25, 0.3) is 5.56 Å². The minimum Gasteiger partial charge on any atom is -0.268 e. The molecule has 1 aromatic heterocycles. The lowest BCUT2D eigenvalue weighted by atomic mass is 10.1. The summed E-state index contributed by atoms with van der Waals surface area (Å²) >= 11 is 1.43. The molecule has 0 aliphatic heterocycles. The van der Waals surface area contributed by atoms with Crippen LogP contribution < -0.4 is 5.56 Å². The molecule has 1 aromatic carbocycles. The van der Waals surface area contributed by atoms with E-state index in [1.165, 1.54) is 30.0 Å². The molecule has 0 aliphatic carbocycles. The first-order valence-corrected chi connectivity index (χ1v) is 5.83. The number of aromatic amines is 1. The first-order valence-electron chi connectivity index (χ1n) is 4.60. The number of thioether (sulfide) groups is 1. The number of halogens is 1. The first-order chi connectivity index (χ1) is 7.70. The third kappa shape index (κ3) is 2.14. The van der Waals surface area contributed by atoms with Gasteiger partial charge in [-0.05, 0) is 30.5 Å². The van der Waals surface area contributed by atoms with Gasteiger partial charge in [-0.1, -0.05) is 0 Å². The zero-order valence-electron chi connectivity index (χ0n) is 8.53. The van der Waals surface area contributed by atoms with Crippen molar-refractivity contribution in [1.82, 2.24) is 10.2 Å². The highest BCUT2D eigenvalue weighted by atomic mass is 32.2. The van der Waals surface area contributed by atoms with Crippen molar-refractivity contribution in [3.05, 3.63) is 46.5 Å². The topological polar surface area (TPSA) is 45.8 Å². The summed E-state index contributed by atoms with van der Waals surface area (Å²) in [6, 6.07) is 7.49. The molecule has 0 unspecified atom stereocenters. The van der Waals surface area contributed by atoms with E-state index in [2.05, 4.69) is 10.2 Å². The van der Waals surface area contributed by atoms with Gasteiger partial charge in [0, 0.05) is 16.5 Å². The van der Waals surface area contributed by atoms with Gasteiger partial charge in [-0.15, -0.1) is 11.8 Å². The van der Waals surface area contributed by atoms with Gasteiger partial charge < -0.3 is 0 Å². The number of benzene rings is 1. The van der Waals surface area contributed by atoms with Crippen LogP contribution in [0.25, 0.3) is 11.3 Å². The summed E-state index contributed by atoms with van der Waals surface area (Å²) in [5.41, 5.74) is 1.20. The van der Waals surface area contributed by atoms with Crippen molar-refractivity contribution in [2.45, 2.75) is 4.90 Å². The molecule has 0 spiro atoms. The number of nitrogens with zero attached hydrogens (tertiary/aromatic N) is 1. The standard InChI is InChI=1S/C11H9FN2OS/c1-16-9-6-10(15)13-14-11(9)7-2-4-8(12)5-3-7/h2-6H,1H3,(H,13,15). The van der Waals surface area contributed by atoms with Gasteiger partial charge in [0.2, 0.25) is 0 Å². The van der Waals surface area contributed by atoms with E-state index in [1.807, 2.05) is 6.26 Å². The maximum atomic E-state index is 12.8. The fourth-order valence-corrected chi connectivity index (χ4v) is 1.94. The molecule has 82 valence electrons. The lowest BCUT2D eigenvalue weighted by Crippen LogP contribution is -2.07. The predicted molar refractivity (Wildman–Crippen MR) is 62.0 cm³/mol. The quantitative estimate of drug-likeness (QED) is 0.814. The van der Waals surface area contributed by atoms with Crippen molar-refractivity contribution >= 4 is 11.8 Å². The summed E-state index contributed by atoms with van der Waals surface area (Å²) < 4.78 is 12.8. The Balaban J connectivity index is 2.55. The van der Waals surface area contributed by atoms with E-state index in [-0.39, 0.29) is 11.4 Å². The molecule has 0 amide bonds. The van der Waals surface area contributed by atoms with Crippen LogP contribution >= 0.6 is 11.8 Å². The van der Waals surface area contributed by atoms with Crippen molar-refractivity contribution in [2.24, 2.45) is 0 Å². The minimum absolute atomic E-state index is 0.241. The molecule has 16 heavy (non-hydrogen) atoms. The van der Waals surface area contributed by atoms with E-state index in [0.29, 0.717) is 5.69 Å². The van der Waals surface area contributed by atoms with E-state index in [9.17, 15) is 9.18 Å². The SMILES string of the molecule is CSc1cc(=O)[nH]nc1-c1ccc(F)cc1. The van der Waals surface area contributed by atoms with Crippen LogP contribution in [0.15, 0.2) is 40.0 Å². The van der Waals surface area contributed by atoms with Crippen LogP contribution in [0, 0.1) is 5.82 Å². The van der Waals surface area contributed by atoms with Crippen LogP contribution in [0.2, 0.25) is 0 Å². The van der Waals surface area contributed by atoms with Gasteiger partial charge in [0.15, 0.2) is 0 Å². The Labute approximate surface area is 95.7 Å². The zero-order valence-corrected chi connectivity index (χ0v) is 9.34. The zero-order chi connectivity index (χ0) is 11.5. The van der Waals surface area contributed by atoms with Crippen LogP contribution in [0.3, 0.4) is 0 Å². The number of hydrogen-bond donors (Lipinski definition) is 1. The Morgan fingerprint density at radius 3 is 2.62 bits per heavy atom. The molecule has 0 aliphatic rings. The number of hydrogen-bond acceptors (Lipinski definition) is 3. The predicted octanol–water partition coefficient (Wildman–Crippen LogP) is 2.30. The number of H-pyrrole nitrogens is 1. The third-order valence-corrected chi connectivity index (χ3v) is 2.86. The highest BCUT2D eigenvalue weighted by Crippen LogP contribution is 2.26. The molecular formula is C11H9FN2OS. The Morgan fingerprint density at radius 1 is 1.31 bits per heavy atom. The van der Waals surface area contributed by atoms with Crippen molar-refractivity contribution in [2.75, 3.05) is 6.26 Å². The average molecular weight is 236 g/mol. The normalized spacial score (nSPS) is 10.4. The van der Waals surface area contributed by atoms with Crippen molar-refractivity contribution in [3.8, 4) is 11.3 Å². The number of rotatable bonds is 2. The van der Waals surface area contributed by atoms with Crippen molar-refractivity contribution < 1.29 is 4.39 Å². The molecule has 2 aromatic rings. The van der Waals surface area contributed by atoms with Crippen LogP contribution in [0.4, 0.5) is 4.39 Å². The van der Waals surface area contributed by atoms with Gasteiger partial charge in [-0.25, -0.2) is 9.49 Å². The van der Waals surface area contributed by atoms with E-state index < -0.39 is 0 Å². The second-order valence-corrected chi connectivity index (χ2v) is 4.00. The average Bonchev–Trinajstić information content (AvgIpc) is 2.30. The molecule has 1 N–H and O–H groups in total. The number of aromatic nitrogens is 2. The van der Waals surface area contributed by atoms with E-state index in [0.717, 1.165) is 10.5 Å². The molecule has 0 fully saturated rings. The lowest BCUT2D eigenvalue weighted by molar-refractivity contribution is 0.628. The summed E-state index contributed by atoms with van der Waals surface area (Å²) in [5.74, 6) is -0.293. The summed E-state index contributed by atoms with van der Waals surface area (Å²) in [4.78, 5) is 11.9. The molecule has 5 heteroatoms. The number of nitrogens with one attached hydrogen (secondary N) is 1.